The number of unbranched alkanes of at least 4 members (excludes halogenated alkanes) is 6. The molecule has 1 aliphatic rings. The molecular formula is C13H27NS. The van der Waals surface area contributed by atoms with E-state index in [0.29, 0.717) is 0 Å². The van der Waals surface area contributed by atoms with Gasteiger partial charge in [0.15, 0.2) is 0 Å². The van der Waals surface area contributed by atoms with Crippen molar-refractivity contribution in [3.05, 3.63) is 0 Å². The molecule has 0 saturated heterocycles. The summed E-state index contributed by atoms with van der Waals surface area (Å²) in [6.45, 7) is 1.32. The van der Waals surface area contributed by atoms with Crippen LogP contribution in [0.2, 0.25) is 0 Å². The summed E-state index contributed by atoms with van der Waals surface area (Å²) in [7, 11) is 2.28. The zero-order valence-corrected chi connectivity index (χ0v) is 11.1. The summed E-state index contributed by atoms with van der Waals surface area (Å²) >= 11 is 4.22. The van der Waals surface area contributed by atoms with Crippen molar-refractivity contribution in [1.29, 1.82) is 0 Å². The smallest absolute Gasteiger partial charge is 0.00933 e. The van der Waals surface area contributed by atoms with Crippen molar-refractivity contribution in [3.63, 3.8) is 0 Å². The number of hydrogen-bond donors (Lipinski definition) is 1. The first-order valence-corrected chi connectivity index (χ1v) is 7.29. The van der Waals surface area contributed by atoms with Gasteiger partial charge in [0, 0.05) is 6.04 Å². The van der Waals surface area contributed by atoms with Crippen molar-refractivity contribution >= 4 is 12.6 Å². The molecule has 0 aromatic rings. The molecule has 0 spiro atoms. The Kier molecular flexibility index (Phi) is 7.54. The van der Waals surface area contributed by atoms with E-state index in [0.717, 1.165) is 11.8 Å². The van der Waals surface area contributed by atoms with Crippen LogP contribution in [0.5, 0.6) is 0 Å². The SMILES string of the molecule is CN(CCCCCCCCCS)C1CC1. The second kappa shape index (κ2) is 8.46. The fourth-order valence-electron chi connectivity index (χ4n) is 2.05. The van der Waals surface area contributed by atoms with E-state index in [1.54, 1.807) is 0 Å². The number of rotatable bonds is 10. The first kappa shape index (κ1) is 13.4. The van der Waals surface area contributed by atoms with E-state index in [4.69, 9.17) is 0 Å². The number of hydrogen-bond acceptors (Lipinski definition) is 2. The molecule has 0 unspecified atom stereocenters. The van der Waals surface area contributed by atoms with E-state index < -0.39 is 0 Å². The van der Waals surface area contributed by atoms with Crippen LogP contribution in [0.3, 0.4) is 0 Å². The van der Waals surface area contributed by atoms with Gasteiger partial charge < -0.3 is 4.90 Å². The molecule has 0 amide bonds. The lowest BCUT2D eigenvalue weighted by atomic mass is 10.1. The van der Waals surface area contributed by atoms with Crippen LogP contribution in [0.15, 0.2) is 0 Å². The molecule has 1 aliphatic carbocycles. The standard InChI is InChI=1S/C13H27NS/c1-14(13-9-10-13)11-7-5-3-2-4-6-8-12-15/h13,15H,2-12H2,1H3. The lowest BCUT2D eigenvalue weighted by Gasteiger charge is -2.14. The van der Waals surface area contributed by atoms with E-state index in [2.05, 4.69) is 24.6 Å². The van der Waals surface area contributed by atoms with Crippen molar-refractivity contribution in [2.45, 2.75) is 63.8 Å². The summed E-state index contributed by atoms with van der Waals surface area (Å²) in [5.41, 5.74) is 0. The van der Waals surface area contributed by atoms with E-state index in [1.807, 2.05) is 0 Å². The summed E-state index contributed by atoms with van der Waals surface area (Å²) in [5, 5.41) is 0. The first-order chi connectivity index (χ1) is 7.34. The van der Waals surface area contributed by atoms with Gasteiger partial charge in [-0.3, -0.25) is 0 Å². The van der Waals surface area contributed by atoms with Crippen LogP contribution in [0, 0.1) is 0 Å². The first-order valence-electron chi connectivity index (χ1n) is 6.65. The van der Waals surface area contributed by atoms with Gasteiger partial charge in [-0.05, 0) is 45.0 Å². The summed E-state index contributed by atoms with van der Waals surface area (Å²) < 4.78 is 0. The van der Waals surface area contributed by atoms with Crippen LogP contribution in [-0.2, 0) is 0 Å². The maximum absolute atomic E-state index is 4.22. The van der Waals surface area contributed by atoms with Crippen molar-refractivity contribution in [2.24, 2.45) is 0 Å². The highest BCUT2D eigenvalue weighted by Crippen LogP contribution is 2.25. The molecule has 15 heavy (non-hydrogen) atoms. The minimum atomic E-state index is 0.945. The average Bonchev–Trinajstić information content (AvgIpc) is 3.05. The van der Waals surface area contributed by atoms with Gasteiger partial charge >= 0.3 is 0 Å². The van der Waals surface area contributed by atoms with Crippen molar-refractivity contribution in [3.8, 4) is 0 Å². The van der Waals surface area contributed by atoms with Gasteiger partial charge in [0.25, 0.3) is 0 Å². The zero-order chi connectivity index (χ0) is 10.9. The molecule has 1 saturated carbocycles. The molecule has 90 valence electrons. The molecular weight excluding hydrogens is 202 g/mol. The van der Waals surface area contributed by atoms with Gasteiger partial charge in [0.05, 0.1) is 0 Å². The third-order valence-corrected chi connectivity index (χ3v) is 3.66. The molecule has 0 atom stereocenters. The van der Waals surface area contributed by atoms with Crippen LogP contribution in [0.25, 0.3) is 0 Å². The van der Waals surface area contributed by atoms with Gasteiger partial charge in [-0.15, -0.1) is 0 Å². The highest BCUT2D eigenvalue weighted by atomic mass is 32.1. The topological polar surface area (TPSA) is 3.24 Å². The van der Waals surface area contributed by atoms with Crippen LogP contribution in [0.4, 0.5) is 0 Å². The summed E-state index contributed by atoms with van der Waals surface area (Å²) in [4.78, 5) is 2.54. The minimum Gasteiger partial charge on any atom is -0.303 e. The van der Waals surface area contributed by atoms with Crippen molar-refractivity contribution in [2.75, 3.05) is 19.3 Å². The lowest BCUT2D eigenvalue weighted by Crippen LogP contribution is -2.21. The second-order valence-electron chi connectivity index (χ2n) is 4.91. The van der Waals surface area contributed by atoms with E-state index in [1.165, 1.54) is 64.3 Å². The molecule has 0 radical (unpaired) electrons. The largest absolute Gasteiger partial charge is 0.303 e. The summed E-state index contributed by atoms with van der Waals surface area (Å²) in [6.07, 6.45) is 12.7. The molecule has 0 aromatic carbocycles. The highest BCUT2D eigenvalue weighted by molar-refractivity contribution is 7.80. The van der Waals surface area contributed by atoms with Gasteiger partial charge in [-0.25, -0.2) is 0 Å². The molecule has 0 aromatic heterocycles. The Morgan fingerprint density at radius 2 is 1.47 bits per heavy atom. The van der Waals surface area contributed by atoms with E-state index in [-0.39, 0.29) is 0 Å². The molecule has 0 N–H and O–H groups in total. The maximum atomic E-state index is 4.22. The Morgan fingerprint density at radius 3 is 2.00 bits per heavy atom. The van der Waals surface area contributed by atoms with Crippen LogP contribution < -0.4 is 0 Å². The average molecular weight is 229 g/mol. The Hall–Kier alpha value is 0.310. The minimum absolute atomic E-state index is 0.945. The van der Waals surface area contributed by atoms with Crippen LogP contribution in [0.1, 0.15) is 57.8 Å². The van der Waals surface area contributed by atoms with E-state index in [9.17, 15) is 0 Å². The number of thiol groups is 1. The normalized spacial score (nSPS) is 16.2. The van der Waals surface area contributed by atoms with Crippen LogP contribution >= 0.6 is 12.6 Å². The second-order valence-corrected chi connectivity index (χ2v) is 5.36. The Morgan fingerprint density at radius 1 is 0.933 bits per heavy atom. The predicted octanol–water partition coefficient (Wildman–Crippen LogP) is 3.74. The van der Waals surface area contributed by atoms with Crippen LogP contribution in [-0.4, -0.2) is 30.3 Å². The molecule has 2 heteroatoms. The Balaban J connectivity index is 1.72. The molecule has 0 aliphatic heterocycles. The van der Waals surface area contributed by atoms with Gasteiger partial charge in [-0.2, -0.15) is 12.6 Å². The fourth-order valence-corrected chi connectivity index (χ4v) is 2.28. The molecule has 0 bridgehead atoms. The predicted molar refractivity (Wildman–Crippen MR) is 71.8 cm³/mol. The third-order valence-electron chi connectivity index (χ3n) is 3.34. The fraction of sp³-hybridized carbons (Fsp3) is 1.00. The Bertz CT molecular complexity index is 145. The van der Waals surface area contributed by atoms with Crippen molar-refractivity contribution in [1.82, 2.24) is 4.90 Å². The lowest BCUT2D eigenvalue weighted by molar-refractivity contribution is 0.314. The maximum Gasteiger partial charge on any atom is 0.00933 e. The Labute approximate surface area is 101 Å². The zero-order valence-electron chi connectivity index (χ0n) is 10.2. The third kappa shape index (κ3) is 7.24. The van der Waals surface area contributed by atoms with Gasteiger partial charge in [0.2, 0.25) is 0 Å². The quantitative estimate of drug-likeness (QED) is 0.441. The van der Waals surface area contributed by atoms with Gasteiger partial charge in [-0.1, -0.05) is 32.1 Å². The highest BCUT2D eigenvalue weighted by Gasteiger charge is 2.25. The summed E-state index contributed by atoms with van der Waals surface area (Å²) in [5.74, 6) is 1.06. The monoisotopic (exact) mass is 229 g/mol. The molecule has 1 fully saturated rings. The van der Waals surface area contributed by atoms with E-state index >= 15 is 0 Å². The van der Waals surface area contributed by atoms with Gasteiger partial charge in [0.1, 0.15) is 0 Å². The molecule has 1 nitrogen and oxygen atoms in total. The molecule has 0 heterocycles. The number of nitrogens with zero attached hydrogens (tertiary/aromatic N) is 1. The summed E-state index contributed by atoms with van der Waals surface area (Å²) in [6, 6.07) is 0.945. The van der Waals surface area contributed by atoms with Crippen molar-refractivity contribution < 1.29 is 0 Å². The molecule has 1 rings (SSSR count).